The molecule has 1 aromatic carbocycles. The number of hydrogen-bond donors (Lipinski definition) is 2. The zero-order chi connectivity index (χ0) is 19.3. The molecule has 0 atom stereocenters. The topological polar surface area (TPSA) is 89.3 Å². The lowest BCUT2D eigenvalue weighted by Gasteiger charge is -2.37. The first-order chi connectivity index (χ1) is 13.0. The molecule has 1 aliphatic heterocycles. The Morgan fingerprint density at radius 2 is 2.07 bits per heavy atom. The highest BCUT2D eigenvalue weighted by Crippen LogP contribution is 2.29. The van der Waals surface area contributed by atoms with Crippen molar-refractivity contribution in [3.8, 4) is 11.5 Å². The Bertz CT molecular complexity index is 761. The number of ether oxygens (including phenoxy) is 1. The Labute approximate surface area is 159 Å². The molecule has 27 heavy (non-hydrogen) atoms. The van der Waals surface area contributed by atoms with Gasteiger partial charge < -0.3 is 19.9 Å². The van der Waals surface area contributed by atoms with Crippen molar-refractivity contribution in [2.75, 3.05) is 33.4 Å². The van der Waals surface area contributed by atoms with E-state index in [1.54, 1.807) is 13.2 Å². The van der Waals surface area contributed by atoms with Gasteiger partial charge in [0, 0.05) is 25.0 Å². The number of rotatable bonds is 7. The van der Waals surface area contributed by atoms with E-state index in [4.69, 9.17) is 9.26 Å². The van der Waals surface area contributed by atoms with E-state index in [1.165, 1.54) is 0 Å². The molecule has 2 aromatic rings. The van der Waals surface area contributed by atoms with Crippen molar-refractivity contribution >= 4 is 5.91 Å². The van der Waals surface area contributed by atoms with Gasteiger partial charge in [0.05, 0.1) is 17.7 Å². The Hall–Kier alpha value is -2.25. The molecule has 0 aliphatic carbocycles. The van der Waals surface area contributed by atoms with Crippen molar-refractivity contribution in [1.29, 1.82) is 0 Å². The van der Waals surface area contributed by atoms with Gasteiger partial charge in [-0.15, -0.1) is 0 Å². The number of carbonyl (C=O) groups excluding carboxylic acids is 1. The van der Waals surface area contributed by atoms with Crippen LogP contribution in [-0.4, -0.2) is 49.4 Å². The van der Waals surface area contributed by atoms with E-state index in [0.29, 0.717) is 36.0 Å². The molecular weight excluding hydrogens is 344 g/mol. The number of methoxy groups -OCH3 is 1. The second-order valence-corrected chi connectivity index (χ2v) is 7.52. The first-order valence-electron chi connectivity index (χ1n) is 9.45. The Kier molecular flexibility index (Phi) is 6.23. The van der Waals surface area contributed by atoms with Crippen LogP contribution in [-0.2, 0) is 4.74 Å². The van der Waals surface area contributed by atoms with Gasteiger partial charge in [-0.25, -0.2) is 0 Å². The van der Waals surface area contributed by atoms with Crippen molar-refractivity contribution in [2.24, 2.45) is 5.41 Å². The van der Waals surface area contributed by atoms with Crippen LogP contribution in [0.4, 0.5) is 0 Å². The van der Waals surface area contributed by atoms with Crippen molar-refractivity contribution < 1.29 is 14.1 Å². The first-order valence-corrected chi connectivity index (χ1v) is 9.45. The lowest BCUT2D eigenvalue weighted by Crippen LogP contribution is -2.47. The third kappa shape index (κ3) is 4.54. The number of nitrogens with one attached hydrogen (secondary N) is 2. The monoisotopic (exact) mass is 372 g/mol. The normalized spacial score (nSPS) is 16.4. The standard InChI is InChI=1S/C20H28N4O3/c1-14(2)17-23-19(27-24-17)16-7-5-4-6-15(16)18(25)22-12-20(13-26-3)8-10-21-11-9-20/h4-7,14,21H,8-13H2,1-3H3,(H,22,25). The number of benzene rings is 1. The minimum Gasteiger partial charge on any atom is -0.384 e. The quantitative estimate of drug-likeness (QED) is 0.777. The maximum Gasteiger partial charge on any atom is 0.258 e. The summed E-state index contributed by atoms with van der Waals surface area (Å²) in [6.07, 6.45) is 1.95. The second kappa shape index (κ2) is 8.63. The Balaban J connectivity index is 1.76. The minimum absolute atomic E-state index is 0.0279. The van der Waals surface area contributed by atoms with Gasteiger partial charge in [0.25, 0.3) is 11.8 Å². The average molecular weight is 372 g/mol. The lowest BCUT2D eigenvalue weighted by molar-refractivity contribution is 0.0512. The molecule has 0 radical (unpaired) electrons. The van der Waals surface area contributed by atoms with Gasteiger partial charge in [-0.1, -0.05) is 31.1 Å². The van der Waals surface area contributed by atoms with E-state index < -0.39 is 0 Å². The molecule has 2 heterocycles. The number of amides is 1. The summed E-state index contributed by atoms with van der Waals surface area (Å²) in [5.74, 6) is 1.04. The molecule has 1 aliphatic rings. The van der Waals surface area contributed by atoms with Gasteiger partial charge in [-0.2, -0.15) is 4.98 Å². The van der Waals surface area contributed by atoms with E-state index in [2.05, 4.69) is 20.8 Å². The number of carbonyl (C=O) groups is 1. The van der Waals surface area contributed by atoms with E-state index in [-0.39, 0.29) is 17.2 Å². The van der Waals surface area contributed by atoms with Gasteiger partial charge in [-0.05, 0) is 38.1 Å². The summed E-state index contributed by atoms with van der Waals surface area (Å²) in [4.78, 5) is 17.3. The molecule has 0 bridgehead atoms. The zero-order valence-corrected chi connectivity index (χ0v) is 16.2. The summed E-state index contributed by atoms with van der Waals surface area (Å²) in [6, 6.07) is 7.33. The fraction of sp³-hybridized carbons (Fsp3) is 0.550. The summed E-state index contributed by atoms with van der Waals surface area (Å²) in [6.45, 7) is 7.10. The second-order valence-electron chi connectivity index (χ2n) is 7.52. The van der Waals surface area contributed by atoms with Gasteiger partial charge in [0.15, 0.2) is 5.82 Å². The minimum atomic E-state index is -0.135. The van der Waals surface area contributed by atoms with Crippen molar-refractivity contribution in [3.05, 3.63) is 35.7 Å². The van der Waals surface area contributed by atoms with Crippen molar-refractivity contribution in [1.82, 2.24) is 20.8 Å². The molecule has 1 aromatic heterocycles. The molecule has 1 amide bonds. The first kappa shape index (κ1) is 19.5. The van der Waals surface area contributed by atoms with E-state index >= 15 is 0 Å². The van der Waals surface area contributed by atoms with Crippen LogP contribution >= 0.6 is 0 Å². The molecule has 1 saturated heterocycles. The van der Waals surface area contributed by atoms with E-state index in [0.717, 1.165) is 25.9 Å². The van der Waals surface area contributed by atoms with Gasteiger partial charge in [0.1, 0.15) is 0 Å². The van der Waals surface area contributed by atoms with Crippen molar-refractivity contribution in [2.45, 2.75) is 32.6 Å². The van der Waals surface area contributed by atoms with Crippen LogP contribution in [0.2, 0.25) is 0 Å². The van der Waals surface area contributed by atoms with Crippen LogP contribution in [0.3, 0.4) is 0 Å². The summed E-state index contributed by atoms with van der Waals surface area (Å²) < 4.78 is 10.8. The molecule has 2 N–H and O–H groups in total. The van der Waals surface area contributed by atoms with Crippen LogP contribution in [0, 0.1) is 5.41 Å². The molecule has 0 saturated carbocycles. The van der Waals surface area contributed by atoms with Crippen LogP contribution in [0.1, 0.15) is 48.8 Å². The zero-order valence-electron chi connectivity index (χ0n) is 16.2. The maximum atomic E-state index is 12.9. The highest BCUT2D eigenvalue weighted by Gasteiger charge is 2.33. The summed E-state index contributed by atoms with van der Waals surface area (Å²) in [5, 5.41) is 10.5. The SMILES string of the molecule is COCC1(CNC(=O)c2ccccc2-c2nc(C(C)C)no2)CCNCC1. The van der Waals surface area contributed by atoms with Crippen molar-refractivity contribution in [3.63, 3.8) is 0 Å². The largest absolute Gasteiger partial charge is 0.384 e. The lowest BCUT2D eigenvalue weighted by atomic mass is 9.79. The molecule has 3 rings (SSSR count). The van der Waals surface area contributed by atoms with Crippen LogP contribution in [0.5, 0.6) is 0 Å². The third-order valence-electron chi connectivity index (χ3n) is 5.10. The highest BCUT2D eigenvalue weighted by atomic mass is 16.5. The number of aromatic nitrogens is 2. The smallest absolute Gasteiger partial charge is 0.258 e. The summed E-state index contributed by atoms with van der Waals surface area (Å²) in [5.41, 5.74) is 1.17. The van der Waals surface area contributed by atoms with Crippen LogP contribution < -0.4 is 10.6 Å². The van der Waals surface area contributed by atoms with E-state index in [1.807, 2.05) is 32.0 Å². The van der Waals surface area contributed by atoms with E-state index in [9.17, 15) is 4.79 Å². The molecule has 1 fully saturated rings. The Morgan fingerprint density at radius 3 is 2.74 bits per heavy atom. The van der Waals surface area contributed by atoms with Crippen LogP contribution in [0.15, 0.2) is 28.8 Å². The number of nitrogens with zero attached hydrogens (tertiary/aromatic N) is 2. The fourth-order valence-corrected chi connectivity index (χ4v) is 3.44. The molecule has 7 nitrogen and oxygen atoms in total. The third-order valence-corrected chi connectivity index (χ3v) is 5.10. The predicted octanol–water partition coefficient (Wildman–Crippen LogP) is 2.61. The van der Waals surface area contributed by atoms with Gasteiger partial charge in [-0.3, -0.25) is 4.79 Å². The Morgan fingerprint density at radius 1 is 1.33 bits per heavy atom. The summed E-state index contributed by atoms with van der Waals surface area (Å²) in [7, 11) is 1.71. The number of hydrogen-bond acceptors (Lipinski definition) is 6. The maximum absolute atomic E-state index is 12.9. The average Bonchev–Trinajstić information content (AvgIpc) is 3.18. The molecule has 7 heteroatoms. The summed E-state index contributed by atoms with van der Waals surface area (Å²) >= 11 is 0. The number of piperidine rings is 1. The van der Waals surface area contributed by atoms with Gasteiger partial charge >= 0.3 is 0 Å². The molecular formula is C20H28N4O3. The predicted molar refractivity (Wildman–Crippen MR) is 103 cm³/mol. The van der Waals surface area contributed by atoms with Crippen LogP contribution in [0.25, 0.3) is 11.5 Å². The van der Waals surface area contributed by atoms with Gasteiger partial charge in [0.2, 0.25) is 0 Å². The molecule has 0 spiro atoms. The molecule has 146 valence electrons. The fourth-order valence-electron chi connectivity index (χ4n) is 3.44. The highest BCUT2D eigenvalue weighted by molar-refractivity contribution is 5.99. The molecule has 0 unspecified atom stereocenters.